The van der Waals surface area contributed by atoms with Crippen LogP contribution in [0.2, 0.25) is 0 Å². The summed E-state index contributed by atoms with van der Waals surface area (Å²) >= 11 is 0. The Bertz CT molecular complexity index is 677. The second kappa shape index (κ2) is 6.65. The average Bonchev–Trinajstić information content (AvgIpc) is 2.48. The lowest BCUT2D eigenvalue weighted by molar-refractivity contribution is -0.143. The average molecular weight is 371 g/mol. The quantitative estimate of drug-likeness (QED) is 0.704. The topological polar surface area (TPSA) is 97.0 Å². The van der Waals surface area contributed by atoms with Gasteiger partial charge in [0.25, 0.3) is 5.92 Å². The van der Waals surface area contributed by atoms with Crippen LogP contribution in [-0.2, 0) is 0 Å². The number of allylic oxidation sites excluding steroid dienone is 1. The van der Waals surface area contributed by atoms with E-state index in [2.05, 4.69) is 15.0 Å². The molecular formula is C13H15F6N5O. The third kappa shape index (κ3) is 4.11. The summed E-state index contributed by atoms with van der Waals surface area (Å²) in [4.78, 5) is 10.7. The van der Waals surface area contributed by atoms with Crippen LogP contribution >= 0.6 is 0 Å². The Balaban J connectivity index is 2.38. The summed E-state index contributed by atoms with van der Waals surface area (Å²) in [7, 11) is 0. The van der Waals surface area contributed by atoms with E-state index in [1.165, 1.54) is 6.92 Å². The number of alkyl halides is 5. The van der Waals surface area contributed by atoms with Gasteiger partial charge >= 0.3 is 6.18 Å². The maximum absolute atomic E-state index is 14.0. The fourth-order valence-corrected chi connectivity index (χ4v) is 2.28. The van der Waals surface area contributed by atoms with Gasteiger partial charge in [-0.05, 0) is 12.8 Å². The first-order valence-corrected chi connectivity index (χ1v) is 7.25. The number of aliphatic hydroxyl groups excluding tert-OH is 1. The zero-order chi connectivity index (χ0) is 19.0. The molecule has 12 heteroatoms. The maximum atomic E-state index is 14.0. The monoisotopic (exact) mass is 371 g/mol. The van der Waals surface area contributed by atoms with E-state index in [9.17, 15) is 31.4 Å². The fourth-order valence-electron chi connectivity index (χ4n) is 2.28. The molecule has 0 spiro atoms. The summed E-state index contributed by atoms with van der Waals surface area (Å²) in [5.74, 6) is -6.79. The SMILES string of the molecule is CC[C@@H](Nc1nc(N)nc(C2=C(F)[C@@H](O)C(F)(F)CC2)n1)C(F)(F)F. The number of aliphatic hydroxyl groups is 1. The third-order valence-electron chi connectivity index (χ3n) is 3.67. The number of aromatic nitrogens is 3. The van der Waals surface area contributed by atoms with Crippen LogP contribution in [0.3, 0.4) is 0 Å². The lowest BCUT2D eigenvalue weighted by Gasteiger charge is -2.27. The zero-order valence-electron chi connectivity index (χ0n) is 12.9. The van der Waals surface area contributed by atoms with Crippen LogP contribution < -0.4 is 11.1 Å². The summed E-state index contributed by atoms with van der Waals surface area (Å²) in [5.41, 5.74) is 4.94. The predicted octanol–water partition coefficient (Wildman–Crippen LogP) is 2.68. The van der Waals surface area contributed by atoms with E-state index in [1.807, 2.05) is 5.32 Å². The molecule has 0 aromatic carbocycles. The molecule has 0 aliphatic heterocycles. The van der Waals surface area contributed by atoms with E-state index in [0.717, 1.165) is 0 Å². The van der Waals surface area contributed by atoms with Crippen molar-refractivity contribution in [2.75, 3.05) is 11.1 Å². The van der Waals surface area contributed by atoms with Crippen molar-refractivity contribution in [1.29, 1.82) is 0 Å². The Kier molecular flexibility index (Phi) is 5.11. The Morgan fingerprint density at radius 3 is 2.52 bits per heavy atom. The van der Waals surface area contributed by atoms with Crippen LogP contribution in [0.1, 0.15) is 32.0 Å². The molecular weight excluding hydrogens is 356 g/mol. The van der Waals surface area contributed by atoms with Gasteiger partial charge in [0.05, 0.1) is 0 Å². The number of rotatable bonds is 4. The van der Waals surface area contributed by atoms with Gasteiger partial charge in [-0.15, -0.1) is 0 Å². The molecule has 1 aliphatic carbocycles. The summed E-state index contributed by atoms with van der Waals surface area (Å²) < 4.78 is 79.1. The maximum Gasteiger partial charge on any atom is 0.408 e. The van der Waals surface area contributed by atoms with Gasteiger partial charge in [0.2, 0.25) is 11.9 Å². The molecule has 0 amide bonds. The molecule has 2 atom stereocenters. The van der Waals surface area contributed by atoms with Gasteiger partial charge in [-0.2, -0.15) is 28.1 Å². The number of hydrogen-bond donors (Lipinski definition) is 3. The highest BCUT2D eigenvalue weighted by molar-refractivity contribution is 5.65. The smallest absolute Gasteiger partial charge is 0.380 e. The standard InChI is InChI=1S/C13H15F6N5O/c1-2-6(13(17,18)19)21-11-23-9(22-10(20)24-11)5-3-4-12(15,16)8(25)7(5)14/h6,8,25H,2-4H2,1H3,(H3,20,21,22,23,24)/t6-,8-/m1/s1. The molecule has 0 radical (unpaired) electrons. The van der Waals surface area contributed by atoms with E-state index >= 15 is 0 Å². The minimum absolute atomic E-state index is 0.341. The number of nitrogen functional groups attached to an aromatic ring is 1. The lowest BCUT2D eigenvalue weighted by Crippen LogP contribution is -2.38. The molecule has 0 saturated carbocycles. The predicted molar refractivity (Wildman–Crippen MR) is 76.2 cm³/mol. The highest BCUT2D eigenvalue weighted by Crippen LogP contribution is 2.41. The second-order valence-corrected chi connectivity index (χ2v) is 5.48. The van der Waals surface area contributed by atoms with Gasteiger partial charge in [-0.3, -0.25) is 0 Å². The molecule has 0 unspecified atom stereocenters. The molecule has 0 saturated heterocycles. The Hall–Kier alpha value is -2.11. The van der Waals surface area contributed by atoms with Crippen LogP contribution in [0.25, 0.3) is 5.57 Å². The Morgan fingerprint density at radius 2 is 1.96 bits per heavy atom. The van der Waals surface area contributed by atoms with E-state index < -0.39 is 66.2 Å². The number of halogens is 6. The van der Waals surface area contributed by atoms with Gasteiger partial charge in [0.15, 0.2) is 11.9 Å². The van der Waals surface area contributed by atoms with Gasteiger partial charge in [-0.1, -0.05) is 6.92 Å². The number of anilines is 2. The molecule has 25 heavy (non-hydrogen) atoms. The third-order valence-corrected chi connectivity index (χ3v) is 3.67. The van der Waals surface area contributed by atoms with Crippen molar-refractivity contribution < 1.29 is 31.4 Å². The summed E-state index contributed by atoms with van der Waals surface area (Å²) in [5, 5.41) is 11.3. The van der Waals surface area contributed by atoms with Gasteiger partial charge < -0.3 is 16.2 Å². The number of nitrogens with two attached hydrogens (primary N) is 1. The first-order chi connectivity index (χ1) is 11.5. The second-order valence-electron chi connectivity index (χ2n) is 5.48. The summed E-state index contributed by atoms with van der Waals surface area (Å²) in [6.45, 7) is 1.28. The van der Waals surface area contributed by atoms with Crippen molar-refractivity contribution in [1.82, 2.24) is 15.0 Å². The Labute approximate surface area is 138 Å². The van der Waals surface area contributed by atoms with Crippen LogP contribution in [0.5, 0.6) is 0 Å². The molecule has 4 N–H and O–H groups in total. The molecule has 1 aromatic heterocycles. The lowest BCUT2D eigenvalue weighted by atomic mass is 9.92. The molecule has 0 bridgehead atoms. The molecule has 2 rings (SSSR count). The summed E-state index contributed by atoms with van der Waals surface area (Å²) in [6, 6.07) is -1.98. The largest absolute Gasteiger partial charge is 0.408 e. The number of nitrogens with zero attached hydrogens (tertiary/aromatic N) is 3. The minimum atomic E-state index is -4.59. The first-order valence-electron chi connectivity index (χ1n) is 7.25. The van der Waals surface area contributed by atoms with Crippen molar-refractivity contribution in [2.24, 2.45) is 0 Å². The van der Waals surface area contributed by atoms with Crippen LogP contribution in [0.4, 0.5) is 38.2 Å². The molecule has 6 nitrogen and oxygen atoms in total. The van der Waals surface area contributed by atoms with Crippen molar-refractivity contribution in [2.45, 2.75) is 50.4 Å². The fraction of sp³-hybridized carbons (Fsp3) is 0.615. The van der Waals surface area contributed by atoms with Crippen LogP contribution in [0, 0.1) is 0 Å². The highest BCUT2D eigenvalue weighted by Gasteiger charge is 2.46. The van der Waals surface area contributed by atoms with E-state index in [4.69, 9.17) is 5.73 Å². The van der Waals surface area contributed by atoms with Crippen molar-refractivity contribution in [3.05, 3.63) is 11.7 Å². The van der Waals surface area contributed by atoms with E-state index in [1.54, 1.807) is 0 Å². The number of hydrogen-bond acceptors (Lipinski definition) is 6. The summed E-state index contributed by atoms with van der Waals surface area (Å²) in [6.07, 6.45) is -9.00. The van der Waals surface area contributed by atoms with Gasteiger partial charge in [-0.25, -0.2) is 13.2 Å². The van der Waals surface area contributed by atoms with Crippen molar-refractivity contribution in [3.8, 4) is 0 Å². The first kappa shape index (κ1) is 19.2. The van der Waals surface area contributed by atoms with Gasteiger partial charge in [0.1, 0.15) is 11.9 Å². The van der Waals surface area contributed by atoms with Crippen molar-refractivity contribution >= 4 is 17.5 Å². The van der Waals surface area contributed by atoms with E-state index in [0.29, 0.717) is 0 Å². The number of nitrogens with one attached hydrogen (secondary N) is 1. The van der Waals surface area contributed by atoms with Crippen molar-refractivity contribution in [3.63, 3.8) is 0 Å². The normalized spacial score (nSPS) is 22.0. The molecule has 140 valence electrons. The highest BCUT2D eigenvalue weighted by atomic mass is 19.4. The van der Waals surface area contributed by atoms with Gasteiger partial charge in [0, 0.05) is 12.0 Å². The molecule has 1 heterocycles. The van der Waals surface area contributed by atoms with Crippen LogP contribution in [0.15, 0.2) is 5.83 Å². The molecule has 0 fully saturated rings. The minimum Gasteiger partial charge on any atom is -0.380 e. The Morgan fingerprint density at radius 1 is 1.32 bits per heavy atom. The molecule has 1 aromatic rings. The molecule has 1 aliphatic rings. The zero-order valence-corrected chi connectivity index (χ0v) is 12.9. The van der Waals surface area contributed by atoms with E-state index in [-0.39, 0.29) is 6.42 Å². The van der Waals surface area contributed by atoms with Crippen LogP contribution in [-0.4, -0.2) is 44.3 Å².